The van der Waals surface area contributed by atoms with Gasteiger partial charge in [0, 0.05) is 31.2 Å². The van der Waals surface area contributed by atoms with Gasteiger partial charge in [-0.2, -0.15) is 0 Å². The van der Waals surface area contributed by atoms with Crippen LogP contribution in [0, 0.1) is 0 Å². The minimum atomic E-state index is -0.621. The molecule has 1 N–H and O–H groups in total. The Morgan fingerprint density at radius 1 is 1.12 bits per heavy atom. The lowest BCUT2D eigenvalue weighted by molar-refractivity contribution is -0.137. The summed E-state index contributed by atoms with van der Waals surface area (Å²) in [7, 11) is 0. The van der Waals surface area contributed by atoms with Crippen LogP contribution in [-0.4, -0.2) is 66.5 Å². The SMILES string of the molecule is CCOC(=O)N1CCN(C(=O)[C@H](C)NC(=O)Cc2ccc(Cl)cc2)CC1. The molecule has 1 aromatic carbocycles. The van der Waals surface area contributed by atoms with Crippen molar-refractivity contribution in [2.24, 2.45) is 0 Å². The van der Waals surface area contributed by atoms with E-state index in [1.165, 1.54) is 0 Å². The Morgan fingerprint density at radius 3 is 2.27 bits per heavy atom. The molecule has 26 heavy (non-hydrogen) atoms. The van der Waals surface area contributed by atoms with Crippen molar-refractivity contribution in [2.45, 2.75) is 26.3 Å². The van der Waals surface area contributed by atoms with Crippen molar-refractivity contribution in [3.63, 3.8) is 0 Å². The average molecular weight is 382 g/mol. The van der Waals surface area contributed by atoms with Crippen LogP contribution in [0.5, 0.6) is 0 Å². The third-order valence-corrected chi connectivity index (χ3v) is 4.40. The Hall–Kier alpha value is -2.28. The summed E-state index contributed by atoms with van der Waals surface area (Å²) in [4.78, 5) is 39.5. The molecule has 1 aliphatic heterocycles. The standard InChI is InChI=1S/C18H24ClN3O4/c1-3-26-18(25)22-10-8-21(9-11-22)17(24)13(2)20-16(23)12-14-4-6-15(19)7-5-14/h4-7,13H,3,8-12H2,1-2H3,(H,20,23)/t13-/m0/s1. The zero-order valence-corrected chi connectivity index (χ0v) is 15.8. The summed E-state index contributed by atoms with van der Waals surface area (Å²) in [5.74, 6) is -0.378. The second-order valence-electron chi connectivity index (χ2n) is 6.10. The summed E-state index contributed by atoms with van der Waals surface area (Å²) in [6, 6.07) is 6.39. The normalized spacial score (nSPS) is 15.3. The third-order valence-electron chi connectivity index (χ3n) is 4.14. The second kappa shape index (κ2) is 9.43. The van der Waals surface area contributed by atoms with E-state index < -0.39 is 6.04 Å². The van der Waals surface area contributed by atoms with Gasteiger partial charge in [-0.3, -0.25) is 9.59 Å². The number of nitrogens with zero attached hydrogens (tertiary/aromatic N) is 2. The Balaban J connectivity index is 1.79. The fourth-order valence-corrected chi connectivity index (χ4v) is 2.87. The number of amides is 3. The summed E-state index contributed by atoms with van der Waals surface area (Å²) in [6.07, 6.45) is -0.172. The average Bonchev–Trinajstić information content (AvgIpc) is 2.63. The van der Waals surface area contributed by atoms with Crippen LogP contribution in [0.25, 0.3) is 0 Å². The molecular weight excluding hydrogens is 358 g/mol. The molecule has 0 aromatic heterocycles. The van der Waals surface area contributed by atoms with Crippen molar-refractivity contribution in [3.05, 3.63) is 34.9 Å². The van der Waals surface area contributed by atoms with E-state index in [0.29, 0.717) is 37.8 Å². The number of benzene rings is 1. The lowest BCUT2D eigenvalue weighted by Crippen LogP contribution is -2.55. The van der Waals surface area contributed by atoms with Crippen LogP contribution < -0.4 is 5.32 Å². The molecule has 1 fully saturated rings. The lowest BCUT2D eigenvalue weighted by atomic mass is 10.1. The van der Waals surface area contributed by atoms with Gasteiger partial charge in [0.1, 0.15) is 6.04 Å². The molecule has 0 unspecified atom stereocenters. The highest BCUT2D eigenvalue weighted by Crippen LogP contribution is 2.10. The van der Waals surface area contributed by atoms with Crippen LogP contribution in [0.15, 0.2) is 24.3 Å². The van der Waals surface area contributed by atoms with Gasteiger partial charge < -0.3 is 19.9 Å². The first-order chi connectivity index (χ1) is 12.4. The summed E-state index contributed by atoms with van der Waals surface area (Å²) in [5, 5.41) is 3.34. The van der Waals surface area contributed by atoms with Crippen molar-refractivity contribution < 1.29 is 19.1 Å². The van der Waals surface area contributed by atoms with Crippen LogP contribution in [0.4, 0.5) is 4.79 Å². The smallest absolute Gasteiger partial charge is 0.409 e. The van der Waals surface area contributed by atoms with E-state index in [4.69, 9.17) is 16.3 Å². The first kappa shape index (κ1) is 20.0. The Morgan fingerprint density at radius 2 is 1.69 bits per heavy atom. The molecule has 0 bridgehead atoms. The zero-order valence-electron chi connectivity index (χ0n) is 15.0. The maximum absolute atomic E-state index is 12.5. The first-order valence-electron chi connectivity index (χ1n) is 8.65. The largest absolute Gasteiger partial charge is 0.450 e. The number of halogens is 1. The first-order valence-corrected chi connectivity index (χ1v) is 9.02. The molecule has 0 radical (unpaired) electrons. The molecule has 0 aliphatic carbocycles. The van der Waals surface area contributed by atoms with E-state index in [1.807, 2.05) is 0 Å². The van der Waals surface area contributed by atoms with E-state index >= 15 is 0 Å². The van der Waals surface area contributed by atoms with Gasteiger partial charge in [-0.25, -0.2) is 4.79 Å². The number of nitrogens with one attached hydrogen (secondary N) is 1. The maximum Gasteiger partial charge on any atom is 0.409 e. The van der Waals surface area contributed by atoms with Gasteiger partial charge in [0.25, 0.3) is 0 Å². The highest BCUT2D eigenvalue weighted by Gasteiger charge is 2.28. The molecule has 1 atom stereocenters. The van der Waals surface area contributed by atoms with Crippen LogP contribution >= 0.6 is 11.6 Å². The van der Waals surface area contributed by atoms with E-state index in [-0.39, 0.29) is 24.3 Å². The van der Waals surface area contributed by atoms with Crippen LogP contribution in [0.1, 0.15) is 19.4 Å². The van der Waals surface area contributed by atoms with Gasteiger partial charge in [-0.05, 0) is 31.5 Å². The molecule has 3 amide bonds. The molecule has 1 heterocycles. The van der Waals surface area contributed by atoms with Crippen LogP contribution in [0.3, 0.4) is 0 Å². The lowest BCUT2D eigenvalue weighted by Gasteiger charge is -2.35. The van der Waals surface area contributed by atoms with Gasteiger partial charge in [0.05, 0.1) is 13.0 Å². The van der Waals surface area contributed by atoms with Gasteiger partial charge >= 0.3 is 6.09 Å². The van der Waals surface area contributed by atoms with Crippen molar-refractivity contribution >= 4 is 29.5 Å². The minimum Gasteiger partial charge on any atom is -0.450 e. The molecule has 8 heteroatoms. The summed E-state index contributed by atoms with van der Waals surface area (Å²) < 4.78 is 4.96. The zero-order chi connectivity index (χ0) is 19.1. The molecule has 142 valence electrons. The predicted octanol–water partition coefficient (Wildman–Crippen LogP) is 1.69. The minimum absolute atomic E-state index is 0.155. The van der Waals surface area contributed by atoms with Crippen molar-refractivity contribution in [1.29, 1.82) is 0 Å². The second-order valence-corrected chi connectivity index (χ2v) is 6.54. The van der Waals surface area contributed by atoms with Crippen molar-refractivity contribution in [2.75, 3.05) is 32.8 Å². The Bertz CT molecular complexity index is 642. The van der Waals surface area contributed by atoms with Gasteiger partial charge in [0.2, 0.25) is 11.8 Å². The summed E-state index contributed by atoms with van der Waals surface area (Å²) >= 11 is 5.82. The van der Waals surface area contributed by atoms with E-state index in [2.05, 4.69) is 5.32 Å². The molecular formula is C18H24ClN3O4. The molecule has 1 aliphatic rings. The van der Waals surface area contributed by atoms with Gasteiger partial charge in [-0.15, -0.1) is 0 Å². The van der Waals surface area contributed by atoms with Crippen molar-refractivity contribution in [3.8, 4) is 0 Å². The molecule has 1 saturated heterocycles. The van der Waals surface area contributed by atoms with Crippen LogP contribution in [-0.2, 0) is 20.7 Å². The molecule has 0 spiro atoms. The highest BCUT2D eigenvalue weighted by atomic mass is 35.5. The number of piperazine rings is 1. The maximum atomic E-state index is 12.5. The monoisotopic (exact) mass is 381 g/mol. The highest BCUT2D eigenvalue weighted by molar-refractivity contribution is 6.30. The predicted molar refractivity (Wildman–Crippen MR) is 97.9 cm³/mol. The third kappa shape index (κ3) is 5.62. The molecule has 0 saturated carbocycles. The Kier molecular flexibility index (Phi) is 7.26. The van der Waals surface area contributed by atoms with Gasteiger partial charge in [0.15, 0.2) is 0 Å². The molecule has 2 rings (SSSR count). The number of ether oxygens (including phenoxy) is 1. The summed E-state index contributed by atoms with van der Waals surface area (Å²) in [6.45, 7) is 5.46. The van der Waals surface area contributed by atoms with Gasteiger partial charge in [-0.1, -0.05) is 23.7 Å². The van der Waals surface area contributed by atoms with E-state index in [0.717, 1.165) is 5.56 Å². The number of carbonyl (C=O) groups is 3. The number of hydrogen-bond donors (Lipinski definition) is 1. The molecule has 7 nitrogen and oxygen atoms in total. The summed E-state index contributed by atoms with van der Waals surface area (Å²) in [5.41, 5.74) is 0.828. The fourth-order valence-electron chi connectivity index (χ4n) is 2.74. The van der Waals surface area contributed by atoms with Crippen molar-refractivity contribution in [1.82, 2.24) is 15.1 Å². The topological polar surface area (TPSA) is 79.0 Å². The Labute approximate surface area is 158 Å². The fraction of sp³-hybridized carbons (Fsp3) is 0.500. The van der Waals surface area contributed by atoms with Crippen LogP contribution in [0.2, 0.25) is 5.02 Å². The number of carbonyl (C=O) groups excluding carboxylic acids is 3. The van der Waals surface area contributed by atoms with E-state index in [1.54, 1.807) is 47.9 Å². The quantitative estimate of drug-likeness (QED) is 0.841. The van der Waals surface area contributed by atoms with E-state index in [9.17, 15) is 14.4 Å². The molecule has 1 aromatic rings. The number of rotatable bonds is 5. The number of hydrogen-bond acceptors (Lipinski definition) is 4.